The van der Waals surface area contributed by atoms with Crippen LogP contribution in [-0.4, -0.2) is 15.9 Å². The molecule has 0 spiro atoms. The molecule has 0 amide bonds. The van der Waals surface area contributed by atoms with Gasteiger partial charge in [0.2, 0.25) is 11.7 Å². The molecule has 20 heavy (non-hydrogen) atoms. The summed E-state index contributed by atoms with van der Waals surface area (Å²) >= 11 is 3.22. The normalized spacial score (nSPS) is 19.3. The number of nitrogens with zero attached hydrogens (tertiary/aromatic N) is 2. The fourth-order valence-corrected chi connectivity index (χ4v) is 2.89. The van der Waals surface area contributed by atoms with Gasteiger partial charge in [0.25, 0.3) is 0 Å². The van der Waals surface area contributed by atoms with E-state index in [9.17, 15) is 9.18 Å². The van der Waals surface area contributed by atoms with Crippen molar-refractivity contribution >= 4 is 21.7 Å². The highest BCUT2D eigenvalue weighted by molar-refractivity contribution is 9.10. The van der Waals surface area contributed by atoms with Crippen LogP contribution in [-0.2, 0) is 4.79 Å². The monoisotopic (exact) mass is 338 g/mol. The van der Waals surface area contributed by atoms with E-state index < -0.39 is 0 Å². The topological polar surface area (TPSA) is 56.0 Å². The van der Waals surface area contributed by atoms with Crippen LogP contribution in [0.25, 0.3) is 11.4 Å². The van der Waals surface area contributed by atoms with Crippen molar-refractivity contribution in [3.8, 4) is 11.4 Å². The molecule has 0 N–H and O–H groups in total. The molecule has 0 saturated heterocycles. The molecule has 104 valence electrons. The van der Waals surface area contributed by atoms with E-state index in [1.807, 2.05) is 0 Å². The lowest BCUT2D eigenvalue weighted by molar-refractivity contribution is -0.122. The summed E-state index contributed by atoms with van der Waals surface area (Å²) in [5.74, 6) is 0.104. The zero-order valence-electron chi connectivity index (χ0n) is 10.6. The van der Waals surface area contributed by atoms with Crippen LogP contribution in [0.3, 0.4) is 0 Å². The first kappa shape index (κ1) is 13.4. The smallest absolute Gasteiger partial charge is 0.237 e. The maximum Gasteiger partial charge on any atom is 0.237 e. The molecule has 1 aliphatic rings. The number of Topliss-reactive ketones (excluding diaryl/α,β-unsaturated/α-hetero) is 1. The average Bonchev–Trinajstić information content (AvgIpc) is 2.87. The molecule has 1 unspecified atom stereocenters. The first-order valence-corrected chi connectivity index (χ1v) is 7.25. The van der Waals surface area contributed by atoms with Gasteiger partial charge in [0.05, 0.1) is 5.92 Å². The number of rotatable bonds is 2. The lowest BCUT2D eigenvalue weighted by Crippen LogP contribution is -2.17. The summed E-state index contributed by atoms with van der Waals surface area (Å²) in [6.45, 7) is 0. The second kappa shape index (κ2) is 5.44. The van der Waals surface area contributed by atoms with Crippen LogP contribution in [0.15, 0.2) is 27.2 Å². The molecule has 1 aromatic heterocycles. The number of hydrogen-bond donors (Lipinski definition) is 0. The molecule has 1 atom stereocenters. The van der Waals surface area contributed by atoms with Crippen LogP contribution in [0.5, 0.6) is 0 Å². The summed E-state index contributed by atoms with van der Waals surface area (Å²) in [7, 11) is 0. The molecule has 1 aliphatic carbocycles. The third-order valence-corrected chi connectivity index (χ3v) is 3.87. The summed E-state index contributed by atoms with van der Waals surface area (Å²) in [6, 6.07) is 4.40. The van der Waals surface area contributed by atoms with E-state index in [0.717, 1.165) is 19.3 Å². The van der Waals surface area contributed by atoms with Crippen LogP contribution in [0.4, 0.5) is 4.39 Å². The standard InChI is InChI=1S/C14H12BrFN2O2/c15-9-5-8(6-10(16)7-9)13-17-14(20-18-13)11-3-1-2-4-12(11)19/h5-7,11H,1-4H2. The Hall–Kier alpha value is -1.56. The molecule has 1 saturated carbocycles. The van der Waals surface area contributed by atoms with Gasteiger partial charge in [-0.1, -0.05) is 27.5 Å². The number of carbonyl (C=O) groups is 1. The number of benzene rings is 1. The summed E-state index contributed by atoms with van der Waals surface area (Å²) in [5.41, 5.74) is 0.523. The maximum atomic E-state index is 13.4. The van der Waals surface area contributed by atoms with Gasteiger partial charge in [-0.25, -0.2) is 4.39 Å². The van der Waals surface area contributed by atoms with Crippen LogP contribution >= 0.6 is 15.9 Å². The van der Waals surface area contributed by atoms with Gasteiger partial charge in [0.15, 0.2) is 0 Å². The Morgan fingerprint density at radius 2 is 2.15 bits per heavy atom. The molecular weight excluding hydrogens is 327 g/mol. The minimum Gasteiger partial charge on any atom is -0.338 e. The van der Waals surface area contributed by atoms with Gasteiger partial charge in [-0.2, -0.15) is 4.98 Å². The predicted molar refractivity (Wildman–Crippen MR) is 73.6 cm³/mol. The van der Waals surface area contributed by atoms with Crippen molar-refractivity contribution in [3.63, 3.8) is 0 Å². The third kappa shape index (κ3) is 2.65. The van der Waals surface area contributed by atoms with Gasteiger partial charge in [0.1, 0.15) is 11.6 Å². The highest BCUT2D eigenvalue weighted by Gasteiger charge is 2.29. The molecule has 1 fully saturated rings. The predicted octanol–water partition coefficient (Wildman–Crippen LogP) is 3.86. The average molecular weight is 339 g/mol. The third-order valence-electron chi connectivity index (χ3n) is 3.42. The zero-order valence-corrected chi connectivity index (χ0v) is 12.2. The van der Waals surface area contributed by atoms with E-state index in [-0.39, 0.29) is 17.5 Å². The van der Waals surface area contributed by atoms with E-state index in [0.29, 0.717) is 28.2 Å². The Balaban J connectivity index is 1.91. The molecule has 0 aliphatic heterocycles. The molecule has 4 nitrogen and oxygen atoms in total. The summed E-state index contributed by atoms with van der Waals surface area (Å²) in [5, 5.41) is 3.85. The number of ketones is 1. The molecular formula is C14H12BrFN2O2. The van der Waals surface area contributed by atoms with Crippen LogP contribution in [0.1, 0.15) is 37.5 Å². The van der Waals surface area contributed by atoms with Gasteiger partial charge in [-0.3, -0.25) is 4.79 Å². The Kier molecular flexibility index (Phi) is 3.65. The second-order valence-electron chi connectivity index (χ2n) is 4.88. The first-order valence-electron chi connectivity index (χ1n) is 6.46. The van der Waals surface area contributed by atoms with Gasteiger partial charge >= 0.3 is 0 Å². The van der Waals surface area contributed by atoms with Crippen molar-refractivity contribution < 1.29 is 13.7 Å². The van der Waals surface area contributed by atoms with E-state index in [4.69, 9.17) is 4.52 Å². The van der Waals surface area contributed by atoms with Gasteiger partial charge in [0, 0.05) is 16.5 Å². The fourth-order valence-electron chi connectivity index (χ4n) is 2.42. The highest BCUT2D eigenvalue weighted by atomic mass is 79.9. The van der Waals surface area contributed by atoms with Crippen molar-refractivity contribution in [1.29, 1.82) is 0 Å². The summed E-state index contributed by atoms with van der Waals surface area (Å²) in [4.78, 5) is 16.1. The van der Waals surface area contributed by atoms with Crippen LogP contribution in [0, 0.1) is 5.82 Å². The second-order valence-corrected chi connectivity index (χ2v) is 5.79. The van der Waals surface area contributed by atoms with Crippen molar-refractivity contribution in [2.45, 2.75) is 31.6 Å². The molecule has 6 heteroatoms. The van der Waals surface area contributed by atoms with Gasteiger partial charge in [-0.15, -0.1) is 0 Å². The highest BCUT2D eigenvalue weighted by Crippen LogP contribution is 2.30. The van der Waals surface area contributed by atoms with E-state index >= 15 is 0 Å². The van der Waals surface area contributed by atoms with Crippen molar-refractivity contribution in [2.75, 3.05) is 0 Å². The quantitative estimate of drug-likeness (QED) is 0.834. The Bertz CT molecular complexity index is 636. The molecule has 2 aromatic rings. The first-order chi connectivity index (χ1) is 9.63. The number of hydrogen-bond acceptors (Lipinski definition) is 4. The molecule has 0 radical (unpaired) electrons. The molecule has 1 heterocycles. The van der Waals surface area contributed by atoms with Crippen LogP contribution < -0.4 is 0 Å². The largest absolute Gasteiger partial charge is 0.338 e. The molecule has 1 aromatic carbocycles. The Labute approximate surface area is 123 Å². The zero-order chi connectivity index (χ0) is 14.1. The number of halogens is 2. The van der Waals surface area contributed by atoms with Crippen molar-refractivity contribution in [1.82, 2.24) is 10.1 Å². The van der Waals surface area contributed by atoms with E-state index in [1.165, 1.54) is 12.1 Å². The maximum absolute atomic E-state index is 13.4. The van der Waals surface area contributed by atoms with Crippen molar-refractivity contribution in [3.05, 3.63) is 34.4 Å². The van der Waals surface area contributed by atoms with Crippen LogP contribution in [0.2, 0.25) is 0 Å². The Morgan fingerprint density at radius 1 is 1.30 bits per heavy atom. The number of aromatic nitrogens is 2. The van der Waals surface area contributed by atoms with Gasteiger partial charge < -0.3 is 4.52 Å². The van der Waals surface area contributed by atoms with Gasteiger partial charge in [-0.05, 0) is 31.0 Å². The summed E-state index contributed by atoms with van der Waals surface area (Å²) in [6.07, 6.45) is 3.22. The lowest BCUT2D eigenvalue weighted by Gasteiger charge is -2.16. The van der Waals surface area contributed by atoms with Crippen molar-refractivity contribution in [2.24, 2.45) is 0 Å². The SMILES string of the molecule is O=C1CCCCC1c1nc(-c2cc(F)cc(Br)c2)no1. The number of carbonyl (C=O) groups excluding carboxylic acids is 1. The lowest BCUT2D eigenvalue weighted by atomic mass is 9.88. The van der Waals surface area contributed by atoms with E-state index in [2.05, 4.69) is 26.1 Å². The minimum atomic E-state index is -0.380. The Morgan fingerprint density at radius 3 is 2.90 bits per heavy atom. The van der Waals surface area contributed by atoms with E-state index in [1.54, 1.807) is 6.07 Å². The fraction of sp³-hybridized carbons (Fsp3) is 0.357. The molecule has 0 bridgehead atoms. The molecule has 3 rings (SSSR count). The minimum absolute atomic E-state index is 0.145. The summed E-state index contributed by atoms with van der Waals surface area (Å²) < 4.78 is 19.2.